The summed E-state index contributed by atoms with van der Waals surface area (Å²) in [5, 5.41) is 9.12. The Morgan fingerprint density at radius 2 is 1.72 bits per heavy atom. The molecule has 0 atom stereocenters. The maximum absolute atomic E-state index is 13.5. The third-order valence-electron chi connectivity index (χ3n) is 6.35. The zero-order valence-corrected chi connectivity index (χ0v) is 18.8. The zero-order valence-electron chi connectivity index (χ0n) is 18.0. The fourth-order valence-corrected chi connectivity index (χ4v) is 5.98. The van der Waals surface area contributed by atoms with Crippen LogP contribution in [0.4, 0.5) is 0 Å². The molecular weight excluding hydrogens is 424 g/mol. The van der Waals surface area contributed by atoms with Gasteiger partial charge in [0.05, 0.1) is 10.3 Å². The molecule has 0 spiro atoms. The van der Waals surface area contributed by atoms with E-state index in [4.69, 9.17) is 10.4 Å². The average Bonchev–Trinajstić information content (AvgIpc) is 3.29. The molecule has 5 rings (SSSR count). The summed E-state index contributed by atoms with van der Waals surface area (Å²) in [7, 11) is -3.99. The zero-order chi connectivity index (χ0) is 22.6. The molecule has 0 bridgehead atoms. The van der Waals surface area contributed by atoms with E-state index in [1.165, 1.54) is 10.5 Å². The van der Waals surface area contributed by atoms with Gasteiger partial charge >= 0.3 is 0 Å². The second-order valence-electron chi connectivity index (χ2n) is 8.52. The second kappa shape index (κ2) is 7.41. The van der Waals surface area contributed by atoms with Crippen LogP contribution in [0.1, 0.15) is 42.9 Å². The highest BCUT2D eigenvalue weighted by Crippen LogP contribution is 2.31. The second-order valence-corrected chi connectivity index (χ2v) is 10.4. The lowest BCUT2D eigenvalue weighted by Gasteiger charge is -2.20. The lowest BCUT2D eigenvalue weighted by molar-refractivity contribution is 0.497. The van der Waals surface area contributed by atoms with Gasteiger partial charge in [-0.2, -0.15) is 0 Å². The van der Waals surface area contributed by atoms with Crippen molar-refractivity contribution in [3.8, 4) is 0 Å². The molecule has 0 unspecified atom stereocenters. The molecule has 7 nitrogen and oxygen atoms in total. The standard InChI is InChI=1S/C24H24N4O3S/c1-15-9-11-18(12-10-15)32(30,31)20-14-19-23(28(21(20)25)17-7-3-4-8-17)26-22-16(2)6-5-13-27(22)24(19)29/h5-6,9-14,17,25H,3-4,7-8H2,1-2H3. The van der Waals surface area contributed by atoms with Crippen LogP contribution in [0.3, 0.4) is 0 Å². The molecule has 4 aromatic rings. The van der Waals surface area contributed by atoms with E-state index in [9.17, 15) is 13.2 Å². The van der Waals surface area contributed by atoms with E-state index in [1.807, 2.05) is 19.9 Å². The smallest absolute Gasteiger partial charge is 0.267 e. The lowest BCUT2D eigenvalue weighted by atomic mass is 10.2. The fourth-order valence-electron chi connectivity index (χ4n) is 4.60. The molecule has 1 aliphatic rings. The quantitative estimate of drug-likeness (QED) is 0.483. The number of sulfone groups is 1. The molecule has 3 aromatic heterocycles. The van der Waals surface area contributed by atoms with Gasteiger partial charge in [0.15, 0.2) is 0 Å². The van der Waals surface area contributed by atoms with E-state index >= 15 is 0 Å². The first kappa shape index (κ1) is 20.6. The molecule has 1 aromatic carbocycles. The van der Waals surface area contributed by atoms with Gasteiger partial charge < -0.3 is 4.57 Å². The van der Waals surface area contributed by atoms with Gasteiger partial charge in [0.2, 0.25) is 9.84 Å². The Morgan fingerprint density at radius 1 is 1.03 bits per heavy atom. The summed E-state index contributed by atoms with van der Waals surface area (Å²) in [6.45, 7) is 3.77. The number of pyridine rings is 2. The van der Waals surface area contributed by atoms with Crippen LogP contribution in [0.25, 0.3) is 16.7 Å². The molecule has 1 N–H and O–H groups in total. The summed E-state index contributed by atoms with van der Waals surface area (Å²) in [6, 6.07) is 11.5. The van der Waals surface area contributed by atoms with Gasteiger partial charge in [-0.15, -0.1) is 0 Å². The molecule has 164 valence electrons. The van der Waals surface area contributed by atoms with Crippen LogP contribution in [-0.4, -0.2) is 22.4 Å². The number of nitrogens with zero attached hydrogens (tertiary/aromatic N) is 3. The number of aromatic nitrogens is 3. The van der Waals surface area contributed by atoms with Crippen LogP contribution in [0.2, 0.25) is 0 Å². The molecule has 1 aliphatic carbocycles. The highest BCUT2D eigenvalue weighted by molar-refractivity contribution is 7.91. The average molecular weight is 449 g/mol. The SMILES string of the molecule is Cc1ccc(S(=O)(=O)c2cc3c(=O)n4cccc(C)c4nc3n(C3CCCC3)c2=N)cc1. The summed E-state index contributed by atoms with van der Waals surface area (Å²) in [6.07, 6.45) is 5.29. The summed E-state index contributed by atoms with van der Waals surface area (Å²) < 4.78 is 30.2. The summed E-state index contributed by atoms with van der Waals surface area (Å²) in [5.41, 5.74) is 2.23. The predicted molar refractivity (Wildman–Crippen MR) is 122 cm³/mol. The van der Waals surface area contributed by atoms with Crippen molar-refractivity contribution >= 4 is 26.5 Å². The number of rotatable bonds is 3. The molecule has 0 amide bonds. The minimum atomic E-state index is -3.99. The van der Waals surface area contributed by atoms with E-state index in [-0.39, 0.29) is 32.3 Å². The Morgan fingerprint density at radius 3 is 2.41 bits per heavy atom. The van der Waals surface area contributed by atoms with E-state index in [0.717, 1.165) is 36.8 Å². The molecule has 1 saturated carbocycles. The van der Waals surface area contributed by atoms with Crippen molar-refractivity contribution in [2.45, 2.75) is 55.4 Å². The largest absolute Gasteiger partial charge is 0.307 e. The summed E-state index contributed by atoms with van der Waals surface area (Å²) in [5.74, 6) is 0. The van der Waals surface area contributed by atoms with Crippen molar-refractivity contribution in [3.63, 3.8) is 0 Å². The van der Waals surface area contributed by atoms with Crippen LogP contribution >= 0.6 is 0 Å². The van der Waals surface area contributed by atoms with Crippen molar-refractivity contribution < 1.29 is 8.42 Å². The van der Waals surface area contributed by atoms with E-state index in [1.54, 1.807) is 41.1 Å². The summed E-state index contributed by atoms with van der Waals surface area (Å²) >= 11 is 0. The highest BCUT2D eigenvalue weighted by atomic mass is 32.2. The monoisotopic (exact) mass is 448 g/mol. The molecule has 3 heterocycles. The number of fused-ring (bicyclic) bond motifs is 2. The molecule has 0 radical (unpaired) electrons. The molecule has 8 heteroatoms. The Labute approximate surface area is 185 Å². The Kier molecular flexibility index (Phi) is 4.78. The third kappa shape index (κ3) is 3.09. The lowest BCUT2D eigenvalue weighted by Crippen LogP contribution is -2.32. The van der Waals surface area contributed by atoms with Gasteiger partial charge in [0, 0.05) is 12.2 Å². The van der Waals surface area contributed by atoms with Crippen molar-refractivity contribution in [2.75, 3.05) is 0 Å². The van der Waals surface area contributed by atoms with Crippen LogP contribution in [0.5, 0.6) is 0 Å². The van der Waals surface area contributed by atoms with E-state index in [0.29, 0.717) is 11.3 Å². The molecule has 32 heavy (non-hydrogen) atoms. The number of hydrogen-bond donors (Lipinski definition) is 1. The van der Waals surface area contributed by atoms with Crippen molar-refractivity contribution in [2.24, 2.45) is 0 Å². The van der Waals surface area contributed by atoms with Crippen molar-refractivity contribution in [1.29, 1.82) is 5.41 Å². The number of hydrogen-bond acceptors (Lipinski definition) is 5. The molecule has 0 saturated heterocycles. The van der Waals surface area contributed by atoms with E-state index in [2.05, 4.69) is 0 Å². The Balaban J connectivity index is 1.92. The van der Waals surface area contributed by atoms with E-state index < -0.39 is 9.84 Å². The predicted octanol–water partition coefficient (Wildman–Crippen LogP) is 3.69. The van der Waals surface area contributed by atoms with Crippen LogP contribution in [0, 0.1) is 19.3 Å². The van der Waals surface area contributed by atoms with Crippen LogP contribution in [0.15, 0.2) is 63.2 Å². The van der Waals surface area contributed by atoms with Crippen LogP contribution < -0.4 is 11.0 Å². The van der Waals surface area contributed by atoms with Gasteiger partial charge in [-0.3, -0.25) is 14.6 Å². The number of aryl methyl sites for hydroxylation is 2. The first-order chi connectivity index (χ1) is 15.3. The normalized spacial score (nSPS) is 15.1. The highest BCUT2D eigenvalue weighted by Gasteiger charge is 2.28. The topological polar surface area (TPSA) is 97.3 Å². The number of nitrogens with one attached hydrogen (secondary N) is 1. The number of benzene rings is 1. The van der Waals surface area contributed by atoms with Gasteiger partial charge in [0.1, 0.15) is 21.7 Å². The van der Waals surface area contributed by atoms with Gasteiger partial charge in [-0.1, -0.05) is 36.6 Å². The van der Waals surface area contributed by atoms with Crippen molar-refractivity contribution in [1.82, 2.24) is 14.0 Å². The molecular formula is C24H24N4O3S. The molecule has 0 aliphatic heterocycles. The maximum Gasteiger partial charge on any atom is 0.267 e. The fraction of sp³-hybridized carbons (Fsp3) is 0.292. The Hall–Kier alpha value is -3.26. The molecule has 1 fully saturated rings. The Bertz CT molecular complexity index is 1590. The van der Waals surface area contributed by atoms with Crippen molar-refractivity contribution in [3.05, 3.63) is 75.6 Å². The first-order valence-electron chi connectivity index (χ1n) is 10.7. The van der Waals surface area contributed by atoms with Gasteiger partial charge in [0.25, 0.3) is 5.56 Å². The third-order valence-corrected chi connectivity index (χ3v) is 8.14. The first-order valence-corrected chi connectivity index (χ1v) is 12.2. The maximum atomic E-state index is 13.5. The summed E-state index contributed by atoms with van der Waals surface area (Å²) in [4.78, 5) is 18.1. The minimum Gasteiger partial charge on any atom is -0.307 e. The van der Waals surface area contributed by atoms with Gasteiger partial charge in [-0.05, 0) is 56.5 Å². The minimum absolute atomic E-state index is 0.0588. The van der Waals surface area contributed by atoms with Gasteiger partial charge in [-0.25, -0.2) is 13.4 Å². The van der Waals surface area contributed by atoms with Crippen LogP contribution in [-0.2, 0) is 9.84 Å².